The molecule has 3 rings (SSSR count). The van der Waals surface area contributed by atoms with Crippen molar-refractivity contribution in [1.82, 2.24) is 5.32 Å². The van der Waals surface area contributed by atoms with Crippen LogP contribution in [-0.4, -0.2) is 31.3 Å². The van der Waals surface area contributed by atoms with Crippen LogP contribution in [0.3, 0.4) is 0 Å². The van der Waals surface area contributed by atoms with Crippen molar-refractivity contribution in [3.05, 3.63) is 29.3 Å². The lowest BCUT2D eigenvalue weighted by atomic mass is 9.93. The van der Waals surface area contributed by atoms with Gasteiger partial charge in [-0.1, -0.05) is 6.42 Å². The van der Waals surface area contributed by atoms with E-state index in [1.807, 2.05) is 18.2 Å². The van der Waals surface area contributed by atoms with E-state index in [2.05, 4.69) is 5.32 Å². The zero-order valence-electron chi connectivity index (χ0n) is 11.8. The van der Waals surface area contributed by atoms with Crippen molar-refractivity contribution in [2.75, 3.05) is 18.5 Å². The van der Waals surface area contributed by atoms with E-state index in [9.17, 15) is 9.59 Å². The van der Waals surface area contributed by atoms with Crippen LogP contribution in [0.2, 0.25) is 0 Å². The van der Waals surface area contributed by atoms with Crippen molar-refractivity contribution in [3.63, 3.8) is 0 Å². The van der Waals surface area contributed by atoms with Gasteiger partial charge in [-0.3, -0.25) is 9.59 Å². The minimum atomic E-state index is -0.0373. The number of ketones is 1. The number of benzene rings is 1. The molecular formula is C16H20N2O2. The molecule has 4 nitrogen and oxygen atoms in total. The van der Waals surface area contributed by atoms with Crippen LogP contribution < -0.4 is 10.2 Å². The molecule has 0 saturated carbocycles. The van der Waals surface area contributed by atoms with Gasteiger partial charge in [0.15, 0.2) is 5.78 Å². The van der Waals surface area contributed by atoms with Crippen LogP contribution in [0, 0.1) is 0 Å². The maximum Gasteiger partial charge on any atom is 0.227 e. The molecule has 1 atom stereocenters. The Hall–Kier alpha value is -1.68. The summed E-state index contributed by atoms with van der Waals surface area (Å²) in [6, 6.07) is 5.69. The lowest BCUT2D eigenvalue weighted by Gasteiger charge is -2.27. The lowest BCUT2D eigenvalue weighted by Crippen LogP contribution is -2.40. The molecule has 0 aliphatic carbocycles. The quantitative estimate of drug-likeness (QED) is 0.837. The van der Waals surface area contributed by atoms with Crippen LogP contribution in [-0.2, 0) is 11.2 Å². The summed E-state index contributed by atoms with van der Waals surface area (Å²) >= 11 is 0. The number of hydrogen-bond acceptors (Lipinski definition) is 3. The first-order valence-electron chi connectivity index (χ1n) is 7.34. The highest BCUT2D eigenvalue weighted by Gasteiger charge is 2.25. The van der Waals surface area contributed by atoms with E-state index in [-0.39, 0.29) is 17.7 Å². The van der Waals surface area contributed by atoms with Gasteiger partial charge in [-0.15, -0.1) is 0 Å². The Morgan fingerprint density at radius 1 is 1.30 bits per heavy atom. The number of aryl methyl sites for hydroxylation is 1. The monoisotopic (exact) mass is 272 g/mol. The third kappa shape index (κ3) is 2.36. The number of hydrogen-bond donors (Lipinski definition) is 1. The van der Waals surface area contributed by atoms with Crippen molar-refractivity contribution < 1.29 is 9.59 Å². The zero-order chi connectivity index (χ0) is 14.1. The first-order chi connectivity index (χ1) is 9.66. The number of fused-ring (bicyclic) bond motifs is 1. The van der Waals surface area contributed by atoms with Gasteiger partial charge < -0.3 is 10.2 Å². The second-order valence-corrected chi connectivity index (χ2v) is 5.66. The molecule has 4 heteroatoms. The largest absolute Gasteiger partial charge is 0.315 e. The Kier molecular flexibility index (Phi) is 3.57. The molecule has 2 aliphatic rings. The fraction of sp³-hybridized carbons (Fsp3) is 0.500. The molecule has 0 bridgehead atoms. The SMILES string of the molecule is CN1C(=O)CCc2cc(C(=O)C3CCCCN3)ccc21. The topological polar surface area (TPSA) is 49.4 Å². The number of Topliss-reactive ketones (excluding diaryl/α,β-unsaturated/α-hetero) is 1. The van der Waals surface area contributed by atoms with Crippen LogP contribution in [0.1, 0.15) is 41.6 Å². The van der Waals surface area contributed by atoms with Gasteiger partial charge in [-0.05, 0) is 49.6 Å². The molecule has 1 aromatic rings. The minimum Gasteiger partial charge on any atom is -0.315 e. The van der Waals surface area contributed by atoms with Gasteiger partial charge in [-0.2, -0.15) is 0 Å². The van der Waals surface area contributed by atoms with Crippen molar-refractivity contribution in [2.45, 2.75) is 38.1 Å². The summed E-state index contributed by atoms with van der Waals surface area (Å²) in [7, 11) is 1.80. The molecule has 1 fully saturated rings. The molecule has 1 aromatic carbocycles. The Morgan fingerprint density at radius 3 is 2.90 bits per heavy atom. The number of rotatable bonds is 2. The summed E-state index contributed by atoms with van der Waals surface area (Å²) in [6.07, 6.45) is 4.46. The normalized spacial score (nSPS) is 22.6. The van der Waals surface area contributed by atoms with E-state index in [4.69, 9.17) is 0 Å². The maximum atomic E-state index is 12.5. The van der Waals surface area contributed by atoms with E-state index in [1.165, 1.54) is 0 Å². The van der Waals surface area contributed by atoms with Crippen molar-refractivity contribution in [3.8, 4) is 0 Å². The zero-order valence-corrected chi connectivity index (χ0v) is 11.8. The molecule has 1 amide bonds. The smallest absolute Gasteiger partial charge is 0.227 e. The Bertz CT molecular complexity index is 547. The molecule has 2 aliphatic heterocycles. The lowest BCUT2D eigenvalue weighted by molar-refractivity contribution is -0.118. The summed E-state index contributed by atoms with van der Waals surface area (Å²) in [5.74, 6) is 0.331. The molecule has 20 heavy (non-hydrogen) atoms. The highest BCUT2D eigenvalue weighted by molar-refractivity contribution is 6.02. The average Bonchev–Trinajstić information content (AvgIpc) is 2.51. The van der Waals surface area contributed by atoms with E-state index in [1.54, 1.807) is 11.9 Å². The van der Waals surface area contributed by atoms with E-state index < -0.39 is 0 Å². The molecule has 0 aromatic heterocycles. The molecule has 1 N–H and O–H groups in total. The first kappa shape index (κ1) is 13.3. The number of anilines is 1. The summed E-state index contributed by atoms with van der Waals surface area (Å²) in [5.41, 5.74) is 2.81. The highest BCUT2D eigenvalue weighted by atomic mass is 16.2. The predicted molar refractivity (Wildman–Crippen MR) is 78.1 cm³/mol. The molecule has 0 spiro atoms. The Balaban J connectivity index is 1.85. The maximum absolute atomic E-state index is 12.5. The summed E-state index contributed by atoms with van der Waals surface area (Å²) in [4.78, 5) is 25.8. The fourth-order valence-electron chi connectivity index (χ4n) is 3.09. The van der Waals surface area contributed by atoms with Gasteiger partial charge in [0.2, 0.25) is 5.91 Å². The highest BCUT2D eigenvalue weighted by Crippen LogP contribution is 2.28. The molecule has 106 valence electrons. The van der Waals surface area contributed by atoms with Gasteiger partial charge in [0.05, 0.1) is 6.04 Å². The van der Waals surface area contributed by atoms with Crippen LogP contribution in [0.25, 0.3) is 0 Å². The number of carbonyl (C=O) groups is 2. The van der Waals surface area contributed by atoms with Crippen LogP contribution >= 0.6 is 0 Å². The molecular weight excluding hydrogens is 252 g/mol. The number of amides is 1. The van der Waals surface area contributed by atoms with Gasteiger partial charge >= 0.3 is 0 Å². The van der Waals surface area contributed by atoms with Crippen molar-refractivity contribution in [2.24, 2.45) is 0 Å². The number of piperidine rings is 1. The fourth-order valence-corrected chi connectivity index (χ4v) is 3.09. The van der Waals surface area contributed by atoms with Gasteiger partial charge in [0.1, 0.15) is 0 Å². The number of nitrogens with zero attached hydrogens (tertiary/aromatic N) is 1. The molecule has 1 unspecified atom stereocenters. The predicted octanol–water partition coefficient (Wildman–Crippen LogP) is 1.92. The van der Waals surface area contributed by atoms with Crippen LogP contribution in [0.4, 0.5) is 5.69 Å². The van der Waals surface area contributed by atoms with Crippen LogP contribution in [0.15, 0.2) is 18.2 Å². The standard InChI is InChI=1S/C16H20N2O2/c1-18-14-7-5-12(10-11(14)6-8-15(18)19)16(20)13-4-2-3-9-17-13/h5,7,10,13,17H,2-4,6,8-9H2,1H3. The van der Waals surface area contributed by atoms with E-state index in [0.29, 0.717) is 6.42 Å². The third-order valence-electron chi connectivity index (χ3n) is 4.33. The second-order valence-electron chi connectivity index (χ2n) is 5.66. The van der Waals surface area contributed by atoms with E-state index in [0.717, 1.165) is 49.0 Å². The van der Waals surface area contributed by atoms with Gasteiger partial charge in [-0.25, -0.2) is 0 Å². The minimum absolute atomic E-state index is 0.0373. The van der Waals surface area contributed by atoms with Crippen molar-refractivity contribution >= 4 is 17.4 Å². The third-order valence-corrected chi connectivity index (χ3v) is 4.33. The average molecular weight is 272 g/mol. The first-order valence-corrected chi connectivity index (χ1v) is 7.34. The number of nitrogens with one attached hydrogen (secondary N) is 1. The summed E-state index contributed by atoms with van der Waals surface area (Å²) in [5, 5.41) is 3.30. The van der Waals surface area contributed by atoms with Crippen molar-refractivity contribution in [1.29, 1.82) is 0 Å². The molecule has 0 radical (unpaired) electrons. The van der Waals surface area contributed by atoms with Crippen LogP contribution in [0.5, 0.6) is 0 Å². The second kappa shape index (κ2) is 5.37. The number of carbonyl (C=O) groups excluding carboxylic acids is 2. The Labute approximate surface area is 119 Å². The van der Waals surface area contributed by atoms with Gasteiger partial charge in [0.25, 0.3) is 0 Å². The Morgan fingerprint density at radius 2 is 2.15 bits per heavy atom. The molecule has 1 saturated heterocycles. The summed E-state index contributed by atoms with van der Waals surface area (Å²) in [6.45, 7) is 0.929. The van der Waals surface area contributed by atoms with E-state index >= 15 is 0 Å². The summed E-state index contributed by atoms with van der Waals surface area (Å²) < 4.78 is 0. The molecule has 2 heterocycles. The van der Waals surface area contributed by atoms with Gasteiger partial charge in [0, 0.05) is 24.7 Å².